The summed E-state index contributed by atoms with van der Waals surface area (Å²) < 4.78 is 13.5. The predicted molar refractivity (Wildman–Crippen MR) is 124 cm³/mol. The number of carbonyl (C=O) groups is 1. The molecule has 5 rings (SSSR count). The number of anilines is 2. The van der Waals surface area contributed by atoms with Crippen molar-refractivity contribution in [3.63, 3.8) is 0 Å². The van der Waals surface area contributed by atoms with E-state index in [0.29, 0.717) is 36.3 Å². The van der Waals surface area contributed by atoms with Crippen LogP contribution in [0.15, 0.2) is 36.8 Å². The van der Waals surface area contributed by atoms with Crippen molar-refractivity contribution in [2.45, 2.75) is 19.4 Å². The van der Waals surface area contributed by atoms with Crippen LogP contribution in [0.1, 0.15) is 22.3 Å². The van der Waals surface area contributed by atoms with Crippen LogP contribution in [0.25, 0.3) is 22.2 Å². The largest absolute Gasteiger partial charge is 0.471 e. The third-order valence-corrected chi connectivity index (χ3v) is 5.64. The highest BCUT2D eigenvalue weighted by Gasteiger charge is 2.23. The van der Waals surface area contributed by atoms with Crippen molar-refractivity contribution in [2.75, 3.05) is 25.6 Å². The molecule has 0 radical (unpaired) electrons. The summed E-state index contributed by atoms with van der Waals surface area (Å²) in [6, 6.07) is 5.42. The molecule has 0 aliphatic carbocycles. The first-order valence-corrected chi connectivity index (χ1v) is 10.7. The summed E-state index contributed by atoms with van der Waals surface area (Å²) in [5.41, 5.74) is 4.81. The van der Waals surface area contributed by atoms with Crippen LogP contribution in [0, 0.1) is 6.92 Å². The highest BCUT2D eigenvalue weighted by Crippen LogP contribution is 2.35. The second-order valence-corrected chi connectivity index (χ2v) is 8.02. The van der Waals surface area contributed by atoms with E-state index >= 15 is 0 Å². The molecule has 0 spiro atoms. The molecule has 10 heteroatoms. The van der Waals surface area contributed by atoms with E-state index < -0.39 is 0 Å². The molecule has 4 heterocycles. The quantitative estimate of drug-likeness (QED) is 0.416. The molecule has 1 amide bonds. The SMILES string of the molecule is CNC(=O)c1ccc(Nc2nc(OC3CCOC3)c3c(-c4cnn(C)c4)c[nH]c3n2)c(C)c1. The second kappa shape index (κ2) is 8.55. The number of hydrogen-bond acceptors (Lipinski definition) is 7. The number of rotatable bonds is 6. The Labute approximate surface area is 190 Å². The first-order valence-electron chi connectivity index (χ1n) is 10.7. The van der Waals surface area contributed by atoms with Gasteiger partial charge in [-0.15, -0.1) is 0 Å². The Bertz CT molecular complexity index is 1320. The molecular formula is C23H25N7O3. The van der Waals surface area contributed by atoms with E-state index in [4.69, 9.17) is 14.5 Å². The summed E-state index contributed by atoms with van der Waals surface area (Å²) in [5.74, 6) is 0.746. The Morgan fingerprint density at radius 1 is 1.33 bits per heavy atom. The van der Waals surface area contributed by atoms with Crippen molar-refractivity contribution in [1.82, 2.24) is 30.0 Å². The first-order chi connectivity index (χ1) is 16.0. The van der Waals surface area contributed by atoms with Crippen LogP contribution in [0.2, 0.25) is 0 Å². The van der Waals surface area contributed by atoms with Crippen molar-refractivity contribution in [2.24, 2.45) is 7.05 Å². The maximum absolute atomic E-state index is 11.9. The van der Waals surface area contributed by atoms with Crippen molar-refractivity contribution in [3.8, 4) is 17.0 Å². The number of ether oxygens (including phenoxy) is 2. The van der Waals surface area contributed by atoms with E-state index in [1.807, 2.05) is 38.5 Å². The van der Waals surface area contributed by atoms with Gasteiger partial charge < -0.3 is 25.1 Å². The number of aromatic nitrogens is 5. The van der Waals surface area contributed by atoms with E-state index in [2.05, 4.69) is 25.7 Å². The summed E-state index contributed by atoms with van der Waals surface area (Å²) in [6.07, 6.45) is 6.37. The van der Waals surface area contributed by atoms with E-state index in [-0.39, 0.29) is 12.0 Å². The summed E-state index contributed by atoms with van der Waals surface area (Å²) in [7, 11) is 3.49. The smallest absolute Gasteiger partial charge is 0.251 e. The van der Waals surface area contributed by atoms with Crippen LogP contribution in [0.5, 0.6) is 5.88 Å². The number of fused-ring (bicyclic) bond motifs is 1. The molecule has 3 aromatic heterocycles. The molecule has 1 fully saturated rings. The number of aryl methyl sites for hydroxylation is 2. The number of aromatic amines is 1. The van der Waals surface area contributed by atoms with E-state index in [1.54, 1.807) is 24.0 Å². The van der Waals surface area contributed by atoms with Crippen LogP contribution >= 0.6 is 0 Å². The fourth-order valence-corrected chi connectivity index (χ4v) is 3.90. The molecule has 0 saturated carbocycles. The second-order valence-electron chi connectivity index (χ2n) is 8.02. The Balaban J connectivity index is 1.54. The highest BCUT2D eigenvalue weighted by molar-refractivity contribution is 5.98. The van der Waals surface area contributed by atoms with Crippen LogP contribution in [-0.2, 0) is 11.8 Å². The van der Waals surface area contributed by atoms with Gasteiger partial charge in [-0.2, -0.15) is 15.1 Å². The van der Waals surface area contributed by atoms with Crippen molar-refractivity contribution < 1.29 is 14.3 Å². The lowest BCUT2D eigenvalue weighted by Gasteiger charge is -2.15. The Hall–Kier alpha value is -3.92. The van der Waals surface area contributed by atoms with Crippen LogP contribution < -0.4 is 15.4 Å². The van der Waals surface area contributed by atoms with Gasteiger partial charge >= 0.3 is 0 Å². The molecular weight excluding hydrogens is 422 g/mol. The maximum Gasteiger partial charge on any atom is 0.251 e. The molecule has 170 valence electrons. The molecule has 3 N–H and O–H groups in total. The molecule has 1 aliphatic heterocycles. The maximum atomic E-state index is 11.9. The van der Waals surface area contributed by atoms with Crippen LogP contribution in [0.4, 0.5) is 11.6 Å². The fourth-order valence-electron chi connectivity index (χ4n) is 3.90. The van der Waals surface area contributed by atoms with Crippen molar-refractivity contribution in [1.29, 1.82) is 0 Å². The minimum absolute atomic E-state index is 0.0684. The first kappa shape index (κ1) is 21.0. The van der Waals surface area contributed by atoms with Gasteiger partial charge in [-0.1, -0.05) is 0 Å². The topological polar surface area (TPSA) is 119 Å². The molecule has 10 nitrogen and oxygen atoms in total. The number of nitrogens with zero attached hydrogens (tertiary/aromatic N) is 4. The third-order valence-electron chi connectivity index (χ3n) is 5.64. The molecule has 0 bridgehead atoms. The monoisotopic (exact) mass is 447 g/mol. The summed E-state index contributed by atoms with van der Waals surface area (Å²) >= 11 is 0. The number of carbonyl (C=O) groups excluding carboxylic acids is 1. The van der Waals surface area contributed by atoms with Gasteiger partial charge in [-0.3, -0.25) is 9.48 Å². The Morgan fingerprint density at radius 2 is 2.21 bits per heavy atom. The molecule has 4 aromatic rings. The molecule has 1 saturated heterocycles. The lowest BCUT2D eigenvalue weighted by Crippen LogP contribution is -2.18. The normalized spacial score (nSPS) is 15.7. The highest BCUT2D eigenvalue weighted by atomic mass is 16.5. The van der Waals surface area contributed by atoms with Gasteiger partial charge in [0.1, 0.15) is 11.8 Å². The zero-order chi connectivity index (χ0) is 22.9. The van der Waals surface area contributed by atoms with Crippen molar-refractivity contribution >= 4 is 28.6 Å². The van der Waals surface area contributed by atoms with Gasteiger partial charge in [-0.25, -0.2) is 0 Å². The van der Waals surface area contributed by atoms with Gasteiger partial charge in [0.15, 0.2) is 0 Å². The van der Waals surface area contributed by atoms with E-state index in [0.717, 1.165) is 34.2 Å². The lowest BCUT2D eigenvalue weighted by molar-refractivity contribution is 0.0963. The average molecular weight is 447 g/mol. The predicted octanol–water partition coefficient (Wildman–Crippen LogP) is 2.94. The minimum Gasteiger partial charge on any atom is -0.471 e. The number of benzene rings is 1. The van der Waals surface area contributed by atoms with Crippen molar-refractivity contribution in [3.05, 3.63) is 47.9 Å². The van der Waals surface area contributed by atoms with E-state index in [9.17, 15) is 4.79 Å². The molecule has 33 heavy (non-hydrogen) atoms. The molecule has 1 aliphatic rings. The summed E-state index contributed by atoms with van der Waals surface area (Å²) in [5, 5.41) is 11.0. The molecule has 1 aromatic carbocycles. The van der Waals surface area contributed by atoms with Gasteiger partial charge in [0.2, 0.25) is 11.8 Å². The van der Waals surface area contributed by atoms with Gasteiger partial charge in [0.25, 0.3) is 5.91 Å². The number of H-pyrrole nitrogens is 1. The number of hydrogen-bond donors (Lipinski definition) is 3. The minimum atomic E-state index is -0.133. The van der Waals surface area contributed by atoms with Gasteiger partial charge in [-0.05, 0) is 30.7 Å². The lowest BCUT2D eigenvalue weighted by atomic mass is 10.1. The third kappa shape index (κ3) is 4.12. The van der Waals surface area contributed by atoms with Gasteiger partial charge in [0.05, 0.1) is 24.8 Å². The summed E-state index contributed by atoms with van der Waals surface area (Å²) in [4.78, 5) is 24.6. The zero-order valence-electron chi connectivity index (χ0n) is 18.7. The van der Waals surface area contributed by atoms with E-state index in [1.165, 1.54) is 0 Å². The van der Waals surface area contributed by atoms with Gasteiger partial charge in [0, 0.05) is 55.3 Å². The zero-order valence-corrected chi connectivity index (χ0v) is 18.7. The Kier molecular flexibility index (Phi) is 5.43. The molecule has 1 atom stereocenters. The summed E-state index contributed by atoms with van der Waals surface area (Å²) in [6.45, 7) is 3.13. The Morgan fingerprint density at radius 3 is 2.91 bits per heavy atom. The van der Waals surface area contributed by atoms with Crippen LogP contribution in [-0.4, -0.2) is 57.0 Å². The van der Waals surface area contributed by atoms with Crippen LogP contribution in [0.3, 0.4) is 0 Å². The molecule has 1 unspecified atom stereocenters. The fraction of sp³-hybridized carbons (Fsp3) is 0.304. The standard InChI is InChI=1S/C23H25N7O3/c1-13-8-14(21(31)24-2)4-5-18(13)27-23-28-20-19(22(29-23)33-16-6-7-32-12-16)17(10-25-20)15-9-26-30(3)11-15/h4-5,8-11,16H,6-7,12H2,1-3H3,(H,24,31)(H2,25,27,28,29). The number of amides is 1. The number of nitrogens with one attached hydrogen (secondary N) is 3. The average Bonchev–Trinajstić information content (AvgIpc) is 3.56.